The predicted molar refractivity (Wildman–Crippen MR) is 166 cm³/mol. The van der Waals surface area contributed by atoms with E-state index in [-0.39, 0.29) is 11.3 Å². The fourth-order valence-corrected chi connectivity index (χ4v) is 4.94. The second-order valence-electron chi connectivity index (χ2n) is 11.3. The highest BCUT2D eigenvalue weighted by molar-refractivity contribution is 5.95. The lowest BCUT2D eigenvalue weighted by Crippen LogP contribution is -2.25. The summed E-state index contributed by atoms with van der Waals surface area (Å²) in [4.78, 5) is 17.8. The highest BCUT2D eigenvalue weighted by Crippen LogP contribution is 2.38. The fraction of sp³-hybridized carbons (Fsp3) is 0.412. The van der Waals surface area contributed by atoms with Crippen LogP contribution >= 0.6 is 0 Å². The zero-order valence-corrected chi connectivity index (χ0v) is 25.7. The first kappa shape index (κ1) is 30.8. The lowest BCUT2D eigenvalue weighted by Gasteiger charge is -2.19. The number of hydrogen-bond acceptors (Lipinski definition) is 6. The molecule has 0 fully saturated rings. The van der Waals surface area contributed by atoms with E-state index in [9.17, 15) is 4.79 Å². The SMILES string of the molecule is COc1cc(C(=O)NCCCc2nc3ccccc3n2CCCCOc2ccc(C(C)(C)C)cc2)cc(OC)c1OC. The van der Waals surface area contributed by atoms with Crippen LogP contribution in [0.25, 0.3) is 11.0 Å². The van der Waals surface area contributed by atoms with Crippen LogP contribution in [-0.4, -0.2) is 49.9 Å². The number of nitrogens with zero attached hydrogens (tertiary/aromatic N) is 2. The number of aromatic nitrogens is 2. The molecule has 0 bridgehead atoms. The fourth-order valence-electron chi connectivity index (χ4n) is 4.94. The summed E-state index contributed by atoms with van der Waals surface area (Å²) in [6.45, 7) is 8.69. The van der Waals surface area contributed by atoms with Gasteiger partial charge in [0.1, 0.15) is 11.6 Å². The van der Waals surface area contributed by atoms with E-state index in [1.807, 2.05) is 18.2 Å². The van der Waals surface area contributed by atoms with Gasteiger partial charge in [-0.25, -0.2) is 4.98 Å². The predicted octanol–water partition coefficient (Wildman–Crippen LogP) is 6.58. The zero-order valence-electron chi connectivity index (χ0n) is 25.7. The molecule has 0 atom stereocenters. The Kier molecular flexibility index (Phi) is 10.3. The maximum Gasteiger partial charge on any atom is 0.251 e. The minimum absolute atomic E-state index is 0.133. The van der Waals surface area contributed by atoms with Crippen molar-refractivity contribution in [3.63, 3.8) is 0 Å². The molecule has 1 heterocycles. The first-order chi connectivity index (χ1) is 20.2. The van der Waals surface area contributed by atoms with Crippen molar-refractivity contribution in [2.75, 3.05) is 34.5 Å². The van der Waals surface area contributed by atoms with Gasteiger partial charge in [0.2, 0.25) is 5.75 Å². The molecule has 1 aromatic heterocycles. The molecule has 0 aliphatic carbocycles. The number of methoxy groups -OCH3 is 3. The van der Waals surface area contributed by atoms with Gasteiger partial charge in [0.25, 0.3) is 5.91 Å². The smallest absolute Gasteiger partial charge is 0.251 e. The average Bonchev–Trinajstić information content (AvgIpc) is 3.35. The molecule has 0 saturated heterocycles. The second kappa shape index (κ2) is 14.1. The lowest BCUT2D eigenvalue weighted by molar-refractivity contribution is 0.0952. The van der Waals surface area contributed by atoms with Gasteiger partial charge in [-0.15, -0.1) is 0 Å². The summed E-state index contributed by atoms with van der Waals surface area (Å²) in [5.41, 5.74) is 4.00. The van der Waals surface area contributed by atoms with Gasteiger partial charge >= 0.3 is 0 Å². The summed E-state index contributed by atoms with van der Waals surface area (Å²) in [6.07, 6.45) is 3.43. The molecule has 42 heavy (non-hydrogen) atoms. The number of fused-ring (bicyclic) bond motifs is 1. The third-order valence-corrected chi connectivity index (χ3v) is 7.29. The van der Waals surface area contributed by atoms with Gasteiger partial charge in [-0.3, -0.25) is 4.79 Å². The van der Waals surface area contributed by atoms with E-state index in [2.05, 4.69) is 61.0 Å². The Morgan fingerprint density at radius 2 is 1.57 bits per heavy atom. The third-order valence-electron chi connectivity index (χ3n) is 7.29. The van der Waals surface area contributed by atoms with Crippen LogP contribution in [0, 0.1) is 0 Å². The monoisotopic (exact) mass is 573 g/mol. The molecular weight excluding hydrogens is 530 g/mol. The number of benzene rings is 3. The topological polar surface area (TPSA) is 83.8 Å². The van der Waals surface area contributed by atoms with E-state index in [1.165, 1.54) is 26.9 Å². The molecule has 0 radical (unpaired) electrons. The number of amides is 1. The minimum Gasteiger partial charge on any atom is -0.494 e. The van der Waals surface area contributed by atoms with Gasteiger partial charge in [0, 0.05) is 25.1 Å². The molecule has 1 amide bonds. The van der Waals surface area contributed by atoms with Gasteiger partial charge in [0.15, 0.2) is 11.5 Å². The average molecular weight is 574 g/mol. The van der Waals surface area contributed by atoms with Crippen LogP contribution in [0.2, 0.25) is 0 Å². The van der Waals surface area contributed by atoms with Crippen molar-refractivity contribution >= 4 is 16.9 Å². The number of para-hydroxylation sites is 2. The van der Waals surface area contributed by atoms with Crippen LogP contribution < -0.4 is 24.3 Å². The first-order valence-corrected chi connectivity index (χ1v) is 14.5. The zero-order chi connectivity index (χ0) is 30.1. The molecule has 0 saturated carbocycles. The number of aryl methyl sites for hydroxylation is 2. The van der Waals surface area contributed by atoms with Crippen LogP contribution in [0.4, 0.5) is 0 Å². The van der Waals surface area contributed by atoms with E-state index >= 15 is 0 Å². The van der Waals surface area contributed by atoms with Gasteiger partial charge in [-0.1, -0.05) is 45.0 Å². The Hall–Kier alpha value is -4.20. The first-order valence-electron chi connectivity index (χ1n) is 14.5. The Morgan fingerprint density at radius 1 is 0.881 bits per heavy atom. The minimum atomic E-state index is -0.198. The molecule has 4 rings (SSSR count). The molecule has 8 heteroatoms. The molecule has 0 spiro atoms. The Morgan fingerprint density at radius 3 is 2.21 bits per heavy atom. The van der Waals surface area contributed by atoms with Crippen LogP contribution in [0.5, 0.6) is 23.0 Å². The number of nitrogens with one attached hydrogen (secondary N) is 1. The van der Waals surface area contributed by atoms with E-state index in [0.29, 0.717) is 36.0 Å². The number of ether oxygens (including phenoxy) is 4. The van der Waals surface area contributed by atoms with Gasteiger partial charge in [-0.05, 0) is 66.6 Å². The van der Waals surface area contributed by atoms with Crippen molar-refractivity contribution in [2.24, 2.45) is 0 Å². The Labute approximate surface area is 249 Å². The van der Waals surface area contributed by atoms with Crippen molar-refractivity contribution < 1.29 is 23.7 Å². The summed E-state index contributed by atoms with van der Waals surface area (Å²) < 4.78 is 24.4. The number of carbonyl (C=O) groups excluding carboxylic acids is 1. The van der Waals surface area contributed by atoms with E-state index in [0.717, 1.165) is 54.8 Å². The lowest BCUT2D eigenvalue weighted by atomic mass is 9.87. The Bertz CT molecular complexity index is 1450. The number of rotatable bonds is 14. The van der Waals surface area contributed by atoms with Crippen molar-refractivity contribution in [1.29, 1.82) is 0 Å². The van der Waals surface area contributed by atoms with Gasteiger partial charge in [0.05, 0.1) is 39.0 Å². The standard InChI is InChI=1S/C34H43N3O5/c1-34(2,3)25-15-17-26(18-16-25)42-21-10-9-20-37-28-13-8-7-12-27(28)36-31(37)14-11-19-35-33(38)24-22-29(39-4)32(41-6)30(23-24)40-5/h7-8,12-13,15-18,22-23H,9-11,14,19-21H2,1-6H3,(H,35,38). The quantitative estimate of drug-likeness (QED) is 0.172. The van der Waals surface area contributed by atoms with Gasteiger partial charge in [-0.2, -0.15) is 0 Å². The van der Waals surface area contributed by atoms with Gasteiger partial charge < -0.3 is 28.8 Å². The second-order valence-corrected chi connectivity index (χ2v) is 11.3. The largest absolute Gasteiger partial charge is 0.494 e. The number of hydrogen-bond donors (Lipinski definition) is 1. The van der Waals surface area contributed by atoms with E-state index in [1.54, 1.807) is 12.1 Å². The number of imidazole rings is 1. The summed E-state index contributed by atoms with van der Waals surface area (Å²) >= 11 is 0. The van der Waals surface area contributed by atoms with Crippen LogP contribution in [-0.2, 0) is 18.4 Å². The summed E-state index contributed by atoms with van der Waals surface area (Å²) in [6, 6.07) is 19.9. The summed E-state index contributed by atoms with van der Waals surface area (Å²) in [5, 5.41) is 3.01. The summed E-state index contributed by atoms with van der Waals surface area (Å²) in [7, 11) is 4.60. The third kappa shape index (κ3) is 7.55. The molecule has 4 aromatic rings. The highest BCUT2D eigenvalue weighted by Gasteiger charge is 2.17. The normalized spacial score (nSPS) is 11.4. The van der Waals surface area contributed by atoms with Crippen LogP contribution in [0.15, 0.2) is 60.7 Å². The molecule has 3 aromatic carbocycles. The maximum absolute atomic E-state index is 12.9. The molecule has 1 N–H and O–H groups in total. The van der Waals surface area contributed by atoms with Crippen LogP contribution in [0.1, 0.15) is 61.8 Å². The van der Waals surface area contributed by atoms with Crippen molar-refractivity contribution in [3.8, 4) is 23.0 Å². The Balaban J connectivity index is 1.30. The van der Waals surface area contributed by atoms with Crippen LogP contribution in [0.3, 0.4) is 0 Å². The maximum atomic E-state index is 12.9. The van der Waals surface area contributed by atoms with E-state index in [4.69, 9.17) is 23.9 Å². The highest BCUT2D eigenvalue weighted by atomic mass is 16.5. The molecule has 8 nitrogen and oxygen atoms in total. The molecule has 0 aliphatic rings. The molecule has 0 aliphatic heterocycles. The van der Waals surface area contributed by atoms with E-state index < -0.39 is 0 Å². The molecular formula is C34H43N3O5. The number of carbonyl (C=O) groups is 1. The van der Waals surface area contributed by atoms with Crippen molar-refractivity contribution in [1.82, 2.24) is 14.9 Å². The van der Waals surface area contributed by atoms with Crippen molar-refractivity contribution in [2.45, 2.75) is 58.4 Å². The number of unbranched alkanes of at least 4 members (excludes halogenated alkanes) is 1. The molecule has 224 valence electrons. The summed E-state index contributed by atoms with van der Waals surface area (Å²) in [5.74, 6) is 3.08. The van der Waals surface area contributed by atoms with Crippen molar-refractivity contribution in [3.05, 3.63) is 77.6 Å². The molecule has 0 unspecified atom stereocenters.